The fourth-order valence-electron chi connectivity index (χ4n) is 1.52. The SMILES string of the molecule is C=CCOc1ccc(Cl)cc1CNC1CC1. The summed E-state index contributed by atoms with van der Waals surface area (Å²) in [5, 5.41) is 4.20. The van der Waals surface area contributed by atoms with Crippen LogP contribution in [0.3, 0.4) is 0 Å². The van der Waals surface area contributed by atoms with E-state index in [1.807, 2.05) is 18.2 Å². The quantitative estimate of drug-likeness (QED) is 0.768. The smallest absolute Gasteiger partial charge is 0.124 e. The average Bonchev–Trinajstić information content (AvgIpc) is 3.09. The first-order valence-corrected chi connectivity index (χ1v) is 5.93. The second-order valence-electron chi connectivity index (χ2n) is 4.01. The molecule has 2 nitrogen and oxygen atoms in total. The Labute approximate surface area is 101 Å². The molecule has 0 bridgehead atoms. The second kappa shape index (κ2) is 5.37. The summed E-state index contributed by atoms with van der Waals surface area (Å²) in [4.78, 5) is 0. The molecule has 3 heteroatoms. The molecule has 16 heavy (non-hydrogen) atoms. The third-order valence-corrected chi connectivity index (χ3v) is 2.77. The van der Waals surface area contributed by atoms with Crippen molar-refractivity contribution in [3.63, 3.8) is 0 Å². The molecule has 0 aromatic heterocycles. The van der Waals surface area contributed by atoms with Crippen LogP contribution in [0.25, 0.3) is 0 Å². The van der Waals surface area contributed by atoms with Crippen LogP contribution in [-0.4, -0.2) is 12.6 Å². The Morgan fingerprint density at radius 3 is 3.00 bits per heavy atom. The molecule has 1 aromatic rings. The van der Waals surface area contributed by atoms with Crippen LogP contribution in [0.4, 0.5) is 0 Å². The highest BCUT2D eigenvalue weighted by molar-refractivity contribution is 6.30. The summed E-state index contributed by atoms with van der Waals surface area (Å²) in [5.74, 6) is 0.887. The molecule has 0 radical (unpaired) electrons. The highest BCUT2D eigenvalue weighted by atomic mass is 35.5. The fourth-order valence-corrected chi connectivity index (χ4v) is 1.71. The summed E-state index contributed by atoms with van der Waals surface area (Å²) in [7, 11) is 0. The summed E-state index contributed by atoms with van der Waals surface area (Å²) >= 11 is 5.98. The van der Waals surface area contributed by atoms with Gasteiger partial charge in [0.1, 0.15) is 12.4 Å². The minimum atomic E-state index is 0.526. The zero-order chi connectivity index (χ0) is 11.4. The van der Waals surface area contributed by atoms with Crippen LogP contribution in [0, 0.1) is 0 Å². The van der Waals surface area contributed by atoms with E-state index in [0.717, 1.165) is 22.9 Å². The predicted octanol–water partition coefficient (Wildman–Crippen LogP) is 3.16. The van der Waals surface area contributed by atoms with Crippen molar-refractivity contribution in [3.8, 4) is 5.75 Å². The third kappa shape index (κ3) is 3.26. The Morgan fingerprint density at radius 1 is 1.50 bits per heavy atom. The number of hydrogen-bond donors (Lipinski definition) is 1. The molecule has 0 aliphatic heterocycles. The van der Waals surface area contributed by atoms with E-state index in [1.165, 1.54) is 12.8 Å². The van der Waals surface area contributed by atoms with E-state index >= 15 is 0 Å². The molecule has 86 valence electrons. The number of hydrogen-bond acceptors (Lipinski definition) is 2. The summed E-state index contributed by atoms with van der Waals surface area (Å²) in [6, 6.07) is 6.40. The molecule has 0 heterocycles. The van der Waals surface area contributed by atoms with Crippen LogP contribution in [0.1, 0.15) is 18.4 Å². The molecule has 2 rings (SSSR count). The average molecular weight is 238 g/mol. The molecule has 1 aliphatic carbocycles. The van der Waals surface area contributed by atoms with Gasteiger partial charge in [-0.15, -0.1) is 0 Å². The summed E-state index contributed by atoms with van der Waals surface area (Å²) in [5.41, 5.74) is 1.11. The van der Waals surface area contributed by atoms with Gasteiger partial charge in [0, 0.05) is 23.2 Å². The van der Waals surface area contributed by atoms with Crippen LogP contribution in [0.15, 0.2) is 30.9 Å². The van der Waals surface area contributed by atoms with E-state index in [0.29, 0.717) is 12.6 Å². The number of ether oxygens (including phenoxy) is 1. The van der Waals surface area contributed by atoms with Crippen molar-refractivity contribution in [3.05, 3.63) is 41.4 Å². The molecule has 1 N–H and O–H groups in total. The third-order valence-electron chi connectivity index (χ3n) is 2.54. The minimum Gasteiger partial charge on any atom is -0.489 e. The van der Waals surface area contributed by atoms with Crippen molar-refractivity contribution in [1.29, 1.82) is 0 Å². The summed E-state index contributed by atoms with van der Waals surface area (Å²) in [6.07, 6.45) is 4.31. The molecule has 0 unspecified atom stereocenters. The first-order valence-electron chi connectivity index (χ1n) is 5.55. The molecule has 1 aliphatic rings. The largest absolute Gasteiger partial charge is 0.489 e. The predicted molar refractivity (Wildman–Crippen MR) is 67.0 cm³/mol. The highest BCUT2D eigenvalue weighted by Crippen LogP contribution is 2.25. The number of halogens is 1. The Balaban J connectivity index is 2.03. The zero-order valence-corrected chi connectivity index (χ0v) is 9.96. The Bertz CT molecular complexity index is 374. The standard InChI is InChI=1S/C13H16ClNO/c1-2-7-16-13-6-3-11(14)8-10(13)9-15-12-4-5-12/h2-3,6,8,12,15H,1,4-5,7,9H2. The van der Waals surface area contributed by atoms with Crippen LogP contribution >= 0.6 is 11.6 Å². The van der Waals surface area contributed by atoms with Gasteiger partial charge in [-0.25, -0.2) is 0 Å². The van der Waals surface area contributed by atoms with Crippen LogP contribution < -0.4 is 10.1 Å². The van der Waals surface area contributed by atoms with Crippen molar-refractivity contribution in [1.82, 2.24) is 5.32 Å². The van der Waals surface area contributed by atoms with Crippen molar-refractivity contribution in [2.24, 2.45) is 0 Å². The van der Waals surface area contributed by atoms with Gasteiger partial charge in [0.05, 0.1) is 0 Å². The van der Waals surface area contributed by atoms with Crippen molar-refractivity contribution in [2.45, 2.75) is 25.4 Å². The van der Waals surface area contributed by atoms with Gasteiger partial charge >= 0.3 is 0 Å². The molecule has 0 saturated heterocycles. The second-order valence-corrected chi connectivity index (χ2v) is 4.44. The van der Waals surface area contributed by atoms with E-state index in [9.17, 15) is 0 Å². The summed E-state index contributed by atoms with van der Waals surface area (Å²) in [6.45, 7) is 4.98. The van der Waals surface area contributed by atoms with Gasteiger partial charge in [0.2, 0.25) is 0 Å². The Kier molecular flexibility index (Phi) is 3.86. The molecule has 1 saturated carbocycles. The Hall–Kier alpha value is -0.990. The number of benzene rings is 1. The fraction of sp³-hybridized carbons (Fsp3) is 0.385. The van der Waals surface area contributed by atoms with Gasteiger partial charge in [-0.1, -0.05) is 24.3 Å². The van der Waals surface area contributed by atoms with E-state index in [2.05, 4.69) is 11.9 Å². The molecule has 0 amide bonds. The van der Waals surface area contributed by atoms with Crippen molar-refractivity contribution in [2.75, 3.05) is 6.61 Å². The maximum Gasteiger partial charge on any atom is 0.124 e. The maximum atomic E-state index is 5.98. The molecule has 0 spiro atoms. The monoisotopic (exact) mass is 237 g/mol. The lowest BCUT2D eigenvalue weighted by Crippen LogP contribution is -2.16. The lowest BCUT2D eigenvalue weighted by Gasteiger charge is -2.11. The van der Waals surface area contributed by atoms with E-state index in [-0.39, 0.29) is 0 Å². The molecule has 0 atom stereocenters. The van der Waals surface area contributed by atoms with Gasteiger partial charge in [-0.2, -0.15) is 0 Å². The summed E-state index contributed by atoms with van der Waals surface area (Å²) < 4.78 is 5.58. The maximum absolute atomic E-state index is 5.98. The molecule has 1 aromatic carbocycles. The van der Waals surface area contributed by atoms with E-state index < -0.39 is 0 Å². The molecule has 1 fully saturated rings. The first-order chi connectivity index (χ1) is 7.79. The van der Waals surface area contributed by atoms with E-state index in [4.69, 9.17) is 16.3 Å². The lowest BCUT2D eigenvalue weighted by molar-refractivity contribution is 0.358. The highest BCUT2D eigenvalue weighted by Gasteiger charge is 2.20. The van der Waals surface area contributed by atoms with Gasteiger partial charge in [0.15, 0.2) is 0 Å². The number of rotatable bonds is 6. The normalized spacial score (nSPS) is 14.8. The van der Waals surface area contributed by atoms with Crippen LogP contribution in [0.5, 0.6) is 5.75 Å². The van der Waals surface area contributed by atoms with Crippen LogP contribution in [-0.2, 0) is 6.54 Å². The van der Waals surface area contributed by atoms with E-state index in [1.54, 1.807) is 6.08 Å². The van der Waals surface area contributed by atoms with Crippen LogP contribution in [0.2, 0.25) is 5.02 Å². The van der Waals surface area contributed by atoms with Gasteiger partial charge in [-0.05, 0) is 31.0 Å². The zero-order valence-electron chi connectivity index (χ0n) is 9.21. The first kappa shape index (κ1) is 11.5. The minimum absolute atomic E-state index is 0.526. The molecular formula is C13H16ClNO. The molecular weight excluding hydrogens is 222 g/mol. The number of nitrogens with one attached hydrogen (secondary N) is 1. The van der Waals surface area contributed by atoms with Crippen molar-refractivity contribution >= 4 is 11.6 Å². The topological polar surface area (TPSA) is 21.3 Å². The Morgan fingerprint density at radius 2 is 2.31 bits per heavy atom. The van der Waals surface area contributed by atoms with Gasteiger partial charge in [0.25, 0.3) is 0 Å². The lowest BCUT2D eigenvalue weighted by atomic mass is 10.2. The van der Waals surface area contributed by atoms with Gasteiger partial charge in [-0.3, -0.25) is 0 Å². The van der Waals surface area contributed by atoms with Crippen molar-refractivity contribution < 1.29 is 4.74 Å². The van der Waals surface area contributed by atoms with Gasteiger partial charge < -0.3 is 10.1 Å².